The van der Waals surface area contributed by atoms with Crippen LogP contribution in [0.15, 0.2) is 36.7 Å². The monoisotopic (exact) mass is 269 g/mol. The molecule has 0 aliphatic carbocycles. The molecule has 2 heterocycles. The van der Waals surface area contributed by atoms with Crippen molar-refractivity contribution in [1.82, 2.24) is 9.97 Å². The molecule has 0 saturated carbocycles. The van der Waals surface area contributed by atoms with Crippen LogP contribution in [0.1, 0.15) is 11.3 Å². The van der Waals surface area contributed by atoms with E-state index in [4.69, 9.17) is 4.74 Å². The fourth-order valence-corrected chi connectivity index (χ4v) is 2.67. The number of hydrogen-bond acceptors (Lipinski definition) is 4. The average Bonchev–Trinajstić information content (AvgIpc) is 2.47. The minimum Gasteiger partial charge on any atom is -0.493 e. The maximum absolute atomic E-state index is 5.85. The molecular weight excluding hydrogens is 250 g/mol. The first-order valence-electron chi connectivity index (χ1n) is 6.92. The van der Waals surface area contributed by atoms with Crippen LogP contribution in [0.4, 0.5) is 5.82 Å². The summed E-state index contributed by atoms with van der Waals surface area (Å²) in [7, 11) is 4.00. The quantitative estimate of drug-likeness (QED) is 0.857. The molecule has 0 N–H and O–H groups in total. The second-order valence-corrected chi connectivity index (χ2v) is 5.41. The fourth-order valence-electron chi connectivity index (χ4n) is 2.67. The van der Waals surface area contributed by atoms with Crippen LogP contribution in [-0.4, -0.2) is 30.7 Å². The molecular formula is C16H19N3O. The first-order chi connectivity index (χ1) is 9.74. The van der Waals surface area contributed by atoms with Gasteiger partial charge in [-0.2, -0.15) is 0 Å². The number of fused-ring (bicyclic) bond motifs is 1. The van der Waals surface area contributed by atoms with Gasteiger partial charge < -0.3 is 9.64 Å². The highest BCUT2D eigenvalue weighted by atomic mass is 16.5. The third-order valence-corrected chi connectivity index (χ3v) is 3.61. The minimum absolute atomic E-state index is 0.459. The topological polar surface area (TPSA) is 38.2 Å². The molecule has 0 bridgehead atoms. The van der Waals surface area contributed by atoms with Crippen molar-refractivity contribution in [2.24, 2.45) is 5.92 Å². The van der Waals surface area contributed by atoms with E-state index in [-0.39, 0.29) is 0 Å². The summed E-state index contributed by atoms with van der Waals surface area (Å²) in [6.45, 7) is 0.750. The maximum Gasteiger partial charge on any atom is 0.149 e. The number of benzene rings is 1. The third kappa shape index (κ3) is 2.59. The number of ether oxygens (including phenoxy) is 1. The second-order valence-electron chi connectivity index (χ2n) is 5.41. The first-order valence-corrected chi connectivity index (χ1v) is 6.92. The van der Waals surface area contributed by atoms with Crippen molar-refractivity contribution in [2.45, 2.75) is 12.8 Å². The largest absolute Gasteiger partial charge is 0.493 e. The van der Waals surface area contributed by atoms with E-state index in [1.165, 1.54) is 5.56 Å². The van der Waals surface area contributed by atoms with Crippen LogP contribution in [0, 0.1) is 5.92 Å². The zero-order chi connectivity index (χ0) is 13.9. The molecule has 104 valence electrons. The normalized spacial score (nSPS) is 17.2. The van der Waals surface area contributed by atoms with E-state index >= 15 is 0 Å². The van der Waals surface area contributed by atoms with Crippen molar-refractivity contribution in [3.8, 4) is 5.75 Å². The molecule has 1 aliphatic rings. The highest BCUT2D eigenvalue weighted by Crippen LogP contribution is 2.29. The molecule has 1 aromatic carbocycles. The number of rotatable bonds is 3. The van der Waals surface area contributed by atoms with E-state index in [0.29, 0.717) is 5.92 Å². The summed E-state index contributed by atoms with van der Waals surface area (Å²) >= 11 is 0. The molecule has 1 atom stereocenters. The molecule has 4 heteroatoms. The molecule has 4 nitrogen and oxygen atoms in total. The molecule has 2 aromatic rings. The van der Waals surface area contributed by atoms with Crippen LogP contribution in [0.3, 0.4) is 0 Å². The molecule has 0 radical (unpaired) electrons. The number of para-hydroxylation sites is 1. The summed E-state index contributed by atoms with van der Waals surface area (Å²) in [5, 5.41) is 0. The van der Waals surface area contributed by atoms with Crippen molar-refractivity contribution in [3.63, 3.8) is 0 Å². The Balaban J connectivity index is 1.77. The lowest BCUT2D eigenvalue weighted by molar-refractivity contribution is 0.220. The Hall–Kier alpha value is -2.10. The van der Waals surface area contributed by atoms with Crippen molar-refractivity contribution in [2.75, 3.05) is 25.6 Å². The van der Waals surface area contributed by atoms with Crippen molar-refractivity contribution in [3.05, 3.63) is 47.9 Å². The van der Waals surface area contributed by atoms with Crippen LogP contribution in [-0.2, 0) is 12.8 Å². The summed E-state index contributed by atoms with van der Waals surface area (Å²) in [5.41, 5.74) is 2.34. The van der Waals surface area contributed by atoms with E-state index in [9.17, 15) is 0 Å². The number of anilines is 1. The van der Waals surface area contributed by atoms with E-state index in [0.717, 1.165) is 36.7 Å². The Labute approximate surface area is 119 Å². The molecule has 1 aromatic heterocycles. The highest BCUT2D eigenvalue weighted by molar-refractivity contribution is 5.42. The third-order valence-electron chi connectivity index (χ3n) is 3.61. The second kappa shape index (κ2) is 5.49. The van der Waals surface area contributed by atoms with Gasteiger partial charge in [0, 0.05) is 32.4 Å². The molecule has 0 spiro atoms. The van der Waals surface area contributed by atoms with Crippen molar-refractivity contribution in [1.29, 1.82) is 0 Å². The Kier molecular flexibility index (Phi) is 3.54. The van der Waals surface area contributed by atoms with Gasteiger partial charge in [-0.1, -0.05) is 18.2 Å². The van der Waals surface area contributed by atoms with Crippen molar-refractivity contribution < 1.29 is 4.74 Å². The lowest BCUT2D eigenvalue weighted by atomic mass is 9.92. The Bertz CT molecular complexity index is 598. The predicted octanol–water partition coefficient (Wildman–Crippen LogP) is 2.34. The van der Waals surface area contributed by atoms with Crippen LogP contribution >= 0.6 is 0 Å². The van der Waals surface area contributed by atoms with Crippen LogP contribution in [0.25, 0.3) is 0 Å². The molecule has 3 rings (SSSR count). The van der Waals surface area contributed by atoms with E-state index < -0.39 is 0 Å². The van der Waals surface area contributed by atoms with Gasteiger partial charge in [0.25, 0.3) is 0 Å². The van der Waals surface area contributed by atoms with E-state index in [1.54, 1.807) is 12.4 Å². The maximum atomic E-state index is 5.85. The van der Waals surface area contributed by atoms with Gasteiger partial charge in [-0.25, -0.2) is 4.98 Å². The van der Waals surface area contributed by atoms with Gasteiger partial charge in [-0.15, -0.1) is 0 Å². The summed E-state index contributed by atoms with van der Waals surface area (Å²) < 4.78 is 5.85. The lowest BCUT2D eigenvalue weighted by Gasteiger charge is -2.26. The number of aromatic nitrogens is 2. The van der Waals surface area contributed by atoms with Gasteiger partial charge in [0.2, 0.25) is 0 Å². The van der Waals surface area contributed by atoms with Crippen LogP contribution < -0.4 is 9.64 Å². The minimum atomic E-state index is 0.459. The molecule has 1 aliphatic heterocycles. The van der Waals surface area contributed by atoms with Gasteiger partial charge >= 0.3 is 0 Å². The number of hydrogen-bond donors (Lipinski definition) is 0. The highest BCUT2D eigenvalue weighted by Gasteiger charge is 2.22. The van der Waals surface area contributed by atoms with E-state index in [1.807, 2.05) is 31.1 Å². The molecule has 0 amide bonds. The fraction of sp³-hybridized carbons (Fsp3) is 0.375. The standard InChI is InChI=1S/C16H19N3O/c1-19(2)16-14(17-7-8-18-16)10-12-9-13-5-3-4-6-15(13)20-11-12/h3-8,12H,9-11H2,1-2H3/t12-/m0/s1. The van der Waals surface area contributed by atoms with Gasteiger partial charge in [0.1, 0.15) is 11.6 Å². The van der Waals surface area contributed by atoms with E-state index in [2.05, 4.69) is 22.1 Å². The molecule has 0 fully saturated rings. The Morgan fingerprint density at radius 2 is 2.00 bits per heavy atom. The molecule has 0 unspecified atom stereocenters. The lowest BCUT2D eigenvalue weighted by Crippen LogP contribution is -2.24. The Morgan fingerprint density at radius 1 is 1.20 bits per heavy atom. The van der Waals surface area contributed by atoms with Gasteiger partial charge in [0.15, 0.2) is 0 Å². The van der Waals surface area contributed by atoms with Gasteiger partial charge in [0.05, 0.1) is 12.3 Å². The summed E-state index contributed by atoms with van der Waals surface area (Å²) in [6.07, 6.45) is 5.45. The smallest absolute Gasteiger partial charge is 0.149 e. The number of nitrogens with zero attached hydrogens (tertiary/aromatic N) is 3. The Morgan fingerprint density at radius 3 is 2.85 bits per heavy atom. The summed E-state index contributed by atoms with van der Waals surface area (Å²) in [6, 6.07) is 8.27. The predicted molar refractivity (Wildman–Crippen MR) is 79.2 cm³/mol. The zero-order valence-corrected chi connectivity index (χ0v) is 11.9. The van der Waals surface area contributed by atoms with Crippen LogP contribution in [0.5, 0.6) is 5.75 Å². The zero-order valence-electron chi connectivity index (χ0n) is 11.9. The van der Waals surface area contributed by atoms with Crippen LogP contribution in [0.2, 0.25) is 0 Å². The molecule has 0 saturated heterocycles. The van der Waals surface area contributed by atoms with Gasteiger partial charge in [-0.05, 0) is 24.5 Å². The summed E-state index contributed by atoms with van der Waals surface area (Å²) in [4.78, 5) is 10.9. The SMILES string of the molecule is CN(C)c1nccnc1C[C@H]1COc2ccccc2C1. The average molecular weight is 269 g/mol. The molecule has 20 heavy (non-hydrogen) atoms. The van der Waals surface area contributed by atoms with Crippen molar-refractivity contribution >= 4 is 5.82 Å². The first kappa shape index (κ1) is 12.9. The summed E-state index contributed by atoms with van der Waals surface area (Å²) in [5.74, 6) is 2.43. The van der Waals surface area contributed by atoms with Gasteiger partial charge in [-0.3, -0.25) is 4.98 Å².